The maximum atomic E-state index is 11.9. The molecule has 0 aliphatic rings. The van der Waals surface area contributed by atoms with Gasteiger partial charge in [0.05, 0.1) is 11.5 Å². The summed E-state index contributed by atoms with van der Waals surface area (Å²) in [4.78, 5) is 23.9. The van der Waals surface area contributed by atoms with Crippen LogP contribution in [0.3, 0.4) is 0 Å². The van der Waals surface area contributed by atoms with Gasteiger partial charge in [0.2, 0.25) is 5.91 Å². The normalized spacial score (nSPS) is 11.5. The zero-order chi connectivity index (χ0) is 22.6. The maximum absolute atomic E-state index is 11.9. The van der Waals surface area contributed by atoms with Crippen molar-refractivity contribution < 1.29 is 27.8 Å². The molecular weight excluding hydrogens is 420 g/mol. The fourth-order valence-corrected chi connectivity index (χ4v) is 3.59. The molecule has 0 aliphatic heterocycles. The molecule has 2 aromatic carbocycles. The van der Waals surface area contributed by atoms with E-state index in [4.69, 9.17) is 9.47 Å². The molecule has 2 aromatic rings. The van der Waals surface area contributed by atoms with E-state index in [1.807, 2.05) is 30.3 Å². The van der Waals surface area contributed by atoms with E-state index in [-0.39, 0.29) is 25.5 Å². The van der Waals surface area contributed by atoms with Crippen LogP contribution in [0.1, 0.15) is 29.5 Å². The van der Waals surface area contributed by atoms with Crippen LogP contribution in [0, 0.1) is 13.8 Å². The quantitative estimate of drug-likeness (QED) is 0.360. The van der Waals surface area contributed by atoms with Crippen molar-refractivity contribution >= 4 is 23.1 Å². The minimum absolute atomic E-state index is 0.138. The number of ether oxygens (including phenoxy) is 2. The molecule has 2 amide bonds. The molecule has 0 aliphatic carbocycles. The lowest BCUT2D eigenvalue weighted by molar-refractivity contribution is -0.121. The number of aryl methyl sites for hydroxylation is 2. The van der Waals surface area contributed by atoms with Crippen LogP contribution in [-0.2, 0) is 27.2 Å². The molecule has 2 rings (SSSR count). The highest BCUT2D eigenvalue weighted by Crippen LogP contribution is 2.24. The second-order valence-electron chi connectivity index (χ2n) is 6.93. The summed E-state index contributed by atoms with van der Waals surface area (Å²) in [5.74, 6) is 0.462. The average Bonchev–Trinajstić information content (AvgIpc) is 2.73. The van der Waals surface area contributed by atoms with Crippen LogP contribution in [0.4, 0.5) is 4.79 Å². The molecule has 0 spiro atoms. The van der Waals surface area contributed by atoms with E-state index in [0.717, 1.165) is 5.56 Å². The van der Waals surface area contributed by atoms with E-state index in [9.17, 15) is 18.4 Å². The van der Waals surface area contributed by atoms with E-state index in [0.29, 0.717) is 41.3 Å². The molecule has 1 unspecified atom stereocenters. The average molecular weight is 449 g/mol. The molecule has 168 valence electrons. The lowest BCUT2D eigenvalue weighted by Gasteiger charge is -2.11. The van der Waals surface area contributed by atoms with Crippen molar-refractivity contribution in [2.45, 2.75) is 38.2 Å². The van der Waals surface area contributed by atoms with Gasteiger partial charge in [-0.15, -0.1) is 0 Å². The first-order valence-corrected chi connectivity index (χ1v) is 11.0. The van der Waals surface area contributed by atoms with Gasteiger partial charge >= 0.3 is 6.09 Å². The number of hydrogen-bond donors (Lipinski definition) is 3. The topological polar surface area (TPSA) is 114 Å². The van der Waals surface area contributed by atoms with Gasteiger partial charge in [0.15, 0.2) is 11.1 Å². The highest BCUT2D eigenvalue weighted by molar-refractivity contribution is 7.79. The predicted molar refractivity (Wildman–Crippen MR) is 117 cm³/mol. The van der Waals surface area contributed by atoms with Crippen molar-refractivity contribution in [3.05, 3.63) is 59.2 Å². The van der Waals surface area contributed by atoms with Gasteiger partial charge < -0.3 is 24.7 Å². The van der Waals surface area contributed by atoms with Gasteiger partial charge in [-0.2, -0.15) is 0 Å². The van der Waals surface area contributed by atoms with Gasteiger partial charge in [-0.1, -0.05) is 30.3 Å². The van der Waals surface area contributed by atoms with Gasteiger partial charge in [0, 0.05) is 19.5 Å². The Morgan fingerprint density at radius 3 is 2.32 bits per heavy atom. The summed E-state index contributed by atoms with van der Waals surface area (Å²) < 4.78 is 31.3. The number of benzene rings is 2. The molecule has 1 atom stereocenters. The van der Waals surface area contributed by atoms with Gasteiger partial charge in [-0.3, -0.25) is 4.79 Å². The van der Waals surface area contributed by atoms with Gasteiger partial charge in [0.1, 0.15) is 12.4 Å². The standard InChI is InChI=1S/C22H28N2O6S/c1-16-13-19(14-17(2)21(16)31(27)28)29-12-6-9-20(25)23-10-11-24-22(26)30-15-18-7-4-3-5-8-18/h3-5,7-8,13-14H,6,9-12,15H2,1-2H3,(H,23,25)(H,24,26)(H,27,28). The second-order valence-corrected chi connectivity index (χ2v) is 7.83. The van der Waals surface area contributed by atoms with Crippen LogP contribution in [0.2, 0.25) is 0 Å². The molecule has 0 aromatic heterocycles. The minimum atomic E-state index is -2.03. The zero-order valence-corrected chi connectivity index (χ0v) is 18.5. The van der Waals surface area contributed by atoms with Crippen molar-refractivity contribution in [3.63, 3.8) is 0 Å². The summed E-state index contributed by atoms with van der Waals surface area (Å²) >= 11 is -2.03. The number of carbonyl (C=O) groups excluding carboxylic acids is 2. The molecule has 0 radical (unpaired) electrons. The zero-order valence-electron chi connectivity index (χ0n) is 17.7. The first kappa shape index (κ1) is 24.4. The number of alkyl carbamates (subject to hydrolysis) is 1. The summed E-state index contributed by atoms with van der Waals surface area (Å²) in [7, 11) is 0. The lowest BCUT2D eigenvalue weighted by Crippen LogP contribution is -2.34. The molecule has 3 N–H and O–H groups in total. The van der Waals surface area contributed by atoms with Crippen molar-refractivity contribution in [1.29, 1.82) is 0 Å². The SMILES string of the molecule is Cc1cc(OCCCC(=O)NCCNC(=O)OCc2ccccc2)cc(C)c1S(=O)O. The Balaban J connectivity index is 1.56. The number of hydrogen-bond acceptors (Lipinski definition) is 5. The lowest BCUT2D eigenvalue weighted by atomic mass is 10.1. The smallest absolute Gasteiger partial charge is 0.407 e. The molecule has 8 nitrogen and oxygen atoms in total. The fraction of sp³-hybridized carbons (Fsp3) is 0.364. The van der Waals surface area contributed by atoms with E-state index in [1.165, 1.54) is 0 Å². The van der Waals surface area contributed by atoms with E-state index in [2.05, 4.69) is 10.6 Å². The van der Waals surface area contributed by atoms with Crippen LogP contribution < -0.4 is 15.4 Å². The monoisotopic (exact) mass is 448 g/mol. The third-order valence-electron chi connectivity index (χ3n) is 4.35. The Bertz CT molecular complexity index is 881. The van der Waals surface area contributed by atoms with Crippen LogP contribution in [-0.4, -0.2) is 40.5 Å². The summed E-state index contributed by atoms with van der Waals surface area (Å²) in [5, 5.41) is 5.30. The van der Waals surface area contributed by atoms with E-state index < -0.39 is 17.2 Å². The third kappa shape index (κ3) is 8.77. The first-order chi connectivity index (χ1) is 14.9. The first-order valence-electron chi connectivity index (χ1n) is 9.93. The predicted octanol–water partition coefficient (Wildman–Crippen LogP) is 3.09. The van der Waals surface area contributed by atoms with Crippen LogP contribution in [0.25, 0.3) is 0 Å². The highest BCUT2D eigenvalue weighted by atomic mass is 32.2. The molecule has 9 heteroatoms. The number of amides is 2. The van der Waals surface area contributed by atoms with Crippen molar-refractivity contribution in [2.24, 2.45) is 0 Å². The molecule has 31 heavy (non-hydrogen) atoms. The summed E-state index contributed by atoms with van der Waals surface area (Å²) in [5.41, 5.74) is 2.27. The highest BCUT2D eigenvalue weighted by Gasteiger charge is 2.11. The Kier molecular flexibility index (Phi) is 9.99. The Hall–Kier alpha value is -2.91. The van der Waals surface area contributed by atoms with Gasteiger partial charge in [0.25, 0.3) is 0 Å². The van der Waals surface area contributed by atoms with Crippen molar-refractivity contribution in [1.82, 2.24) is 10.6 Å². The largest absolute Gasteiger partial charge is 0.494 e. The third-order valence-corrected chi connectivity index (χ3v) is 5.35. The fourth-order valence-electron chi connectivity index (χ4n) is 2.92. The summed E-state index contributed by atoms with van der Waals surface area (Å²) in [6.07, 6.45) is 0.271. The summed E-state index contributed by atoms with van der Waals surface area (Å²) in [6.45, 7) is 4.62. The molecular formula is C22H28N2O6S. The maximum Gasteiger partial charge on any atom is 0.407 e. The molecule has 0 fully saturated rings. The second kappa shape index (κ2) is 12.7. The number of carbonyl (C=O) groups is 2. The molecule has 0 heterocycles. The Morgan fingerprint density at radius 2 is 1.68 bits per heavy atom. The van der Waals surface area contributed by atoms with Crippen molar-refractivity contribution in [3.8, 4) is 5.75 Å². The number of rotatable bonds is 11. The van der Waals surface area contributed by atoms with Gasteiger partial charge in [-0.25, -0.2) is 9.00 Å². The molecule has 0 saturated carbocycles. The van der Waals surface area contributed by atoms with Crippen molar-refractivity contribution in [2.75, 3.05) is 19.7 Å². The number of nitrogens with one attached hydrogen (secondary N) is 2. The van der Waals surface area contributed by atoms with Gasteiger partial charge in [-0.05, 0) is 49.1 Å². The Morgan fingerprint density at radius 1 is 1.03 bits per heavy atom. The van der Waals surface area contributed by atoms with E-state index >= 15 is 0 Å². The summed E-state index contributed by atoms with van der Waals surface area (Å²) in [6, 6.07) is 12.8. The molecule has 0 bridgehead atoms. The van der Waals surface area contributed by atoms with Crippen LogP contribution in [0.5, 0.6) is 5.75 Å². The van der Waals surface area contributed by atoms with Crippen LogP contribution in [0.15, 0.2) is 47.4 Å². The molecule has 0 saturated heterocycles. The van der Waals surface area contributed by atoms with E-state index in [1.54, 1.807) is 26.0 Å². The minimum Gasteiger partial charge on any atom is -0.494 e. The van der Waals surface area contributed by atoms with Crippen LogP contribution >= 0.6 is 0 Å². The Labute approximate surface area is 184 Å².